The highest BCUT2D eigenvalue weighted by molar-refractivity contribution is 5.50. The summed E-state index contributed by atoms with van der Waals surface area (Å²) in [5, 5.41) is 25.3. The average Bonchev–Trinajstić information content (AvgIpc) is 2.83. The molecule has 0 aromatic heterocycles. The molecule has 4 aromatic carbocycles. The molecule has 0 atom stereocenters. The Balaban J connectivity index is 1.36. The lowest BCUT2D eigenvalue weighted by Crippen LogP contribution is -1.67. The van der Waals surface area contributed by atoms with Crippen molar-refractivity contribution >= 4 is 34.1 Å². The van der Waals surface area contributed by atoms with E-state index in [4.69, 9.17) is 0 Å². The smallest absolute Gasteiger partial charge is 0.0858 e. The third kappa shape index (κ3) is 5.59. The van der Waals surface area contributed by atoms with Gasteiger partial charge in [0.25, 0.3) is 0 Å². The van der Waals surface area contributed by atoms with Crippen LogP contribution in [0.25, 0.3) is 0 Å². The first-order chi connectivity index (χ1) is 14.8. The van der Waals surface area contributed by atoms with Crippen LogP contribution in [0.5, 0.6) is 0 Å². The van der Waals surface area contributed by atoms with E-state index in [1.165, 1.54) is 0 Å². The highest BCUT2D eigenvalue weighted by atomic mass is 15.1. The zero-order valence-electron chi connectivity index (χ0n) is 16.1. The van der Waals surface area contributed by atoms with E-state index in [1.807, 2.05) is 109 Å². The Labute approximate surface area is 174 Å². The van der Waals surface area contributed by atoms with Crippen molar-refractivity contribution in [2.24, 2.45) is 30.7 Å². The Morgan fingerprint density at radius 2 is 0.433 bits per heavy atom. The molecule has 0 saturated heterocycles. The molecule has 6 nitrogen and oxygen atoms in total. The predicted octanol–water partition coefficient (Wildman–Crippen LogP) is 8.93. The maximum Gasteiger partial charge on any atom is 0.0858 e. The van der Waals surface area contributed by atoms with Gasteiger partial charge in [-0.2, -0.15) is 30.7 Å². The van der Waals surface area contributed by atoms with E-state index >= 15 is 0 Å². The molecule has 144 valence electrons. The minimum atomic E-state index is 0.738. The van der Waals surface area contributed by atoms with Crippen molar-refractivity contribution in [3.05, 3.63) is 109 Å². The lowest BCUT2D eigenvalue weighted by Gasteiger charge is -1.96. The lowest BCUT2D eigenvalue weighted by atomic mass is 10.3. The van der Waals surface area contributed by atoms with Crippen molar-refractivity contribution in [3.63, 3.8) is 0 Å². The third-order valence-electron chi connectivity index (χ3n) is 4.05. The Morgan fingerprint density at radius 3 is 0.667 bits per heavy atom. The molecule has 0 bridgehead atoms. The van der Waals surface area contributed by atoms with Gasteiger partial charge < -0.3 is 0 Å². The first kappa shape index (κ1) is 19.0. The van der Waals surface area contributed by atoms with E-state index in [0.717, 1.165) is 34.1 Å². The Bertz CT molecular complexity index is 1060. The van der Waals surface area contributed by atoms with Crippen LogP contribution in [0.15, 0.2) is 140 Å². The molecular weight excluding hydrogens is 372 g/mol. The molecule has 0 aliphatic heterocycles. The molecular formula is C24H18N6. The van der Waals surface area contributed by atoms with Gasteiger partial charge in [-0.15, -0.1) is 0 Å². The second kappa shape index (κ2) is 9.75. The summed E-state index contributed by atoms with van der Waals surface area (Å²) in [7, 11) is 0. The van der Waals surface area contributed by atoms with Gasteiger partial charge in [0.2, 0.25) is 0 Å². The topological polar surface area (TPSA) is 74.2 Å². The molecule has 0 N–H and O–H groups in total. The van der Waals surface area contributed by atoms with Crippen LogP contribution >= 0.6 is 0 Å². The molecule has 6 heteroatoms. The first-order valence-electron chi connectivity index (χ1n) is 9.41. The molecule has 0 heterocycles. The van der Waals surface area contributed by atoms with Gasteiger partial charge in [0.1, 0.15) is 0 Å². The Hall–Kier alpha value is -4.32. The van der Waals surface area contributed by atoms with Crippen molar-refractivity contribution in [3.8, 4) is 0 Å². The van der Waals surface area contributed by atoms with Crippen LogP contribution in [0, 0.1) is 0 Å². The maximum absolute atomic E-state index is 4.26. The normalized spacial score (nSPS) is 11.6. The van der Waals surface area contributed by atoms with E-state index in [2.05, 4.69) is 30.7 Å². The maximum atomic E-state index is 4.26. The summed E-state index contributed by atoms with van der Waals surface area (Å²) in [5.41, 5.74) is 4.61. The first-order valence-corrected chi connectivity index (χ1v) is 9.41. The second-order valence-electron chi connectivity index (χ2n) is 6.30. The van der Waals surface area contributed by atoms with E-state index in [9.17, 15) is 0 Å². The van der Waals surface area contributed by atoms with Gasteiger partial charge in [0.15, 0.2) is 0 Å². The zero-order valence-corrected chi connectivity index (χ0v) is 16.1. The van der Waals surface area contributed by atoms with Crippen molar-refractivity contribution in [1.29, 1.82) is 0 Å². The van der Waals surface area contributed by atoms with Gasteiger partial charge >= 0.3 is 0 Å². The number of hydrogen-bond acceptors (Lipinski definition) is 6. The molecule has 0 saturated carbocycles. The predicted molar refractivity (Wildman–Crippen MR) is 118 cm³/mol. The quantitative estimate of drug-likeness (QED) is 0.295. The van der Waals surface area contributed by atoms with Crippen molar-refractivity contribution in [2.45, 2.75) is 0 Å². The van der Waals surface area contributed by atoms with Crippen LogP contribution in [0.4, 0.5) is 34.1 Å². The fourth-order valence-corrected chi connectivity index (χ4v) is 2.51. The molecule has 0 radical (unpaired) electrons. The van der Waals surface area contributed by atoms with Gasteiger partial charge in [0, 0.05) is 0 Å². The standard InChI is InChI=1S/C24H18N6/c1-3-7-19(8-4-1)25-27-21-11-15-23(16-12-21)29-30-24-17-13-22(14-18-24)28-26-20-9-5-2-6-10-20/h1-18H/b27-25+,28-26+,30-29+. The van der Waals surface area contributed by atoms with Crippen LogP contribution in [-0.4, -0.2) is 0 Å². The average molecular weight is 390 g/mol. The largest absolute Gasteiger partial charge is 0.151 e. The fraction of sp³-hybridized carbons (Fsp3) is 0. The van der Waals surface area contributed by atoms with E-state index in [0.29, 0.717) is 0 Å². The van der Waals surface area contributed by atoms with Crippen LogP contribution in [0.3, 0.4) is 0 Å². The molecule has 4 rings (SSSR count). The highest BCUT2D eigenvalue weighted by Gasteiger charge is 1.95. The van der Waals surface area contributed by atoms with Crippen LogP contribution < -0.4 is 0 Å². The monoisotopic (exact) mass is 390 g/mol. The number of hydrogen-bond donors (Lipinski definition) is 0. The SMILES string of the molecule is c1ccc(/N=N/c2ccc(/N=N/c3ccc(/N=N/c4ccccc4)cc3)cc2)cc1. The number of rotatable bonds is 6. The van der Waals surface area contributed by atoms with Crippen LogP contribution in [0.2, 0.25) is 0 Å². The minimum absolute atomic E-state index is 0.738. The number of benzene rings is 4. The molecule has 0 fully saturated rings. The summed E-state index contributed by atoms with van der Waals surface area (Å²) in [4.78, 5) is 0. The summed E-state index contributed by atoms with van der Waals surface area (Å²) in [6.07, 6.45) is 0. The Morgan fingerprint density at radius 1 is 0.233 bits per heavy atom. The summed E-state index contributed by atoms with van der Waals surface area (Å²) in [5.74, 6) is 0. The van der Waals surface area contributed by atoms with Gasteiger partial charge in [-0.1, -0.05) is 36.4 Å². The minimum Gasteiger partial charge on any atom is -0.151 e. The second-order valence-corrected chi connectivity index (χ2v) is 6.30. The Kier molecular flexibility index (Phi) is 6.18. The van der Waals surface area contributed by atoms with Crippen molar-refractivity contribution < 1.29 is 0 Å². The van der Waals surface area contributed by atoms with Crippen molar-refractivity contribution in [1.82, 2.24) is 0 Å². The van der Waals surface area contributed by atoms with Gasteiger partial charge in [-0.25, -0.2) is 0 Å². The third-order valence-corrected chi connectivity index (χ3v) is 4.05. The fourth-order valence-electron chi connectivity index (χ4n) is 2.51. The van der Waals surface area contributed by atoms with Crippen LogP contribution in [-0.2, 0) is 0 Å². The molecule has 0 aliphatic rings. The molecule has 30 heavy (non-hydrogen) atoms. The van der Waals surface area contributed by atoms with E-state index < -0.39 is 0 Å². The van der Waals surface area contributed by atoms with Crippen LogP contribution in [0.1, 0.15) is 0 Å². The van der Waals surface area contributed by atoms with Gasteiger partial charge in [-0.05, 0) is 72.8 Å². The molecule has 0 unspecified atom stereocenters. The van der Waals surface area contributed by atoms with E-state index in [-0.39, 0.29) is 0 Å². The van der Waals surface area contributed by atoms with Gasteiger partial charge in [0.05, 0.1) is 34.1 Å². The summed E-state index contributed by atoms with van der Waals surface area (Å²) in [6.45, 7) is 0. The molecule has 0 spiro atoms. The molecule has 0 aliphatic carbocycles. The van der Waals surface area contributed by atoms with Crippen molar-refractivity contribution in [2.75, 3.05) is 0 Å². The zero-order chi connectivity index (χ0) is 20.4. The number of azo groups is 3. The summed E-state index contributed by atoms with van der Waals surface area (Å²) < 4.78 is 0. The molecule has 0 amide bonds. The lowest BCUT2D eigenvalue weighted by molar-refractivity contribution is 1.20. The van der Waals surface area contributed by atoms with Gasteiger partial charge in [-0.3, -0.25) is 0 Å². The highest BCUT2D eigenvalue weighted by Crippen LogP contribution is 2.25. The van der Waals surface area contributed by atoms with E-state index in [1.54, 1.807) is 0 Å². The summed E-state index contributed by atoms with van der Waals surface area (Å²) in [6, 6.07) is 34.0. The molecule has 4 aromatic rings. The summed E-state index contributed by atoms with van der Waals surface area (Å²) >= 11 is 0. The number of nitrogens with zero attached hydrogens (tertiary/aromatic N) is 6.